The highest BCUT2D eigenvalue weighted by Crippen LogP contribution is 2.97. The Labute approximate surface area is 173 Å². The monoisotopic (exact) mass is 440 g/mol. The molecule has 3 aliphatic heterocycles. The van der Waals surface area contributed by atoms with E-state index in [-0.39, 0.29) is 41.8 Å². The number of nitrogens with zero attached hydrogens (tertiary/aromatic N) is 1. The predicted molar refractivity (Wildman–Crippen MR) is 106 cm³/mol. The molecule has 0 saturated heterocycles. The zero-order chi connectivity index (χ0) is 22.6. The van der Waals surface area contributed by atoms with Gasteiger partial charge in [0.05, 0.1) is 22.8 Å². The zero-order valence-electron chi connectivity index (χ0n) is 17.5. The molecule has 0 bridgehead atoms. The molecule has 0 aromatic carbocycles. The van der Waals surface area contributed by atoms with Crippen molar-refractivity contribution in [3.8, 4) is 0 Å². The Morgan fingerprint density at radius 1 is 1.27 bits per heavy atom. The Bertz CT molecular complexity index is 985. The van der Waals surface area contributed by atoms with Gasteiger partial charge < -0.3 is 24.5 Å². The number of nitro groups is 1. The lowest BCUT2D eigenvalue weighted by atomic mass is 9.93. The van der Waals surface area contributed by atoms with Crippen LogP contribution in [0.5, 0.6) is 0 Å². The van der Waals surface area contributed by atoms with Crippen molar-refractivity contribution < 1.29 is 33.7 Å². The molecule has 0 aliphatic carbocycles. The van der Waals surface area contributed by atoms with E-state index in [4.69, 9.17) is 9.47 Å². The average Bonchev–Trinajstić information content (AvgIpc) is 3.07. The minimum atomic E-state index is -3.07. The molecule has 0 saturated carbocycles. The number of carbonyl (C=O) groups is 2. The van der Waals surface area contributed by atoms with Crippen LogP contribution in [0.2, 0.25) is 0 Å². The molecule has 0 aromatic rings. The fraction of sp³-hybridized carbons (Fsp3) is 0.579. The van der Waals surface area contributed by atoms with E-state index < -0.39 is 41.7 Å². The highest BCUT2D eigenvalue weighted by Gasteiger charge is 2.74. The predicted octanol–water partition coefficient (Wildman–Crippen LogP) is 3.78. The molecule has 0 aromatic heterocycles. The number of alkyl carbamates (subject to hydrolysis) is 1. The van der Waals surface area contributed by atoms with Gasteiger partial charge >= 0.3 is 12.1 Å². The van der Waals surface area contributed by atoms with Gasteiger partial charge in [0.25, 0.3) is 5.70 Å². The molecule has 10 nitrogen and oxygen atoms in total. The Balaban J connectivity index is 1.84. The number of carbonyl (C=O) groups excluding carboxylic acids is 2. The highest BCUT2D eigenvalue weighted by atomic mass is 31.2. The van der Waals surface area contributed by atoms with Gasteiger partial charge in [-0.25, -0.2) is 4.79 Å². The lowest BCUT2D eigenvalue weighted by Crippen LogP contribution is -2.41. The molecule has 3 atom stereocenters. The Kier molecular flexibility index (Phi) is 5.35. The highest BCUT2D eigenvalue weighted by molar-refractivity contribution is 7.86. The van der Waals surface area contributed by atoms with E-state index in [1.165, 1.54) is 0 Å². The fourth-order valence-corrected chi connectivity index (χ4v) is 7.05. The van der Waals surface area contributed by atoms with E-state index in [9.17, 15) is 29.4 Å². The normalized spacial score (nSPS) is 23.5. The van der Waals surface area contributed by atoms with Crippen LogP contribution in [0, 0.1) is 16.0 Å². The molecule has 3 rings (SSSR count). The number of allylic oxidation sites excluding steroid dienone is 3. The maximum Gasteiger partial charge on any atom is 0.407 e. The molecular formula is C19H25N2O8P. The van der Waals surface area contributed by atoms with Crippen LogP contribution in [0.25, 0.3) is 0 Å². The molecule has 3 aliphatic rings. The summed E-state index contributed by atoms with van der Waals surface area (Å²) in [5.74, 6) is -1.30. The first-order valence-electron chi connectivity index (χ1n) is 9.67. The van der Waals surface area contributed by atoms with Crippen molar-refractivity contribution in [3.05, 3.63) is 43.1 Å². The second-order valence-electron chi connectivity index (χ2n) is 8.52. The third kappa shape index (κ3) is 3.53. The molecule has 2 N–H and O–H groups in total. The summed E-state index contributed by atoms with van der Waals surface area (Å²) >= 11 is 0. The number of amides is 1. The Morgan fingerprint density at radius 2 is 1.90 bits per heavy atom. The van der Waals surface area contributed by atoms with Crippen LogP contribution in [0.3, 0.4) is 0 Å². The number of nitrogens with one attached hydrogen (secondary N) is 1. The number of esters is 1. The second-order valence-corrected chi connectivity index (χ2v) is 11.1. The summed E-state index contributed by atoms with van der Waals surface area (Å²) in [4.78, 5) is 35.3. The van der Waals surface area contributed by atoms with Crippen molar-refractivity contribution in [2.45, 2.75) is 59.1 Å². The van der Waals surface area contributed by atoms with Crippen molar-refractivity contribution in [2.24, 2.45) is 5.92 Å². The summed E-state index contributed by atoms with van der Waals surface area (Å²) in [5, 5.41) is 24.7. The second kappa shape index (κ2) is 7.27. The van der Waals surface area contributed by atoms with Gasteiger partial charge in [-0.05, 0) is 34.1 Å². The number of rotatable bonds is 8. The lowest BCUT2D eigenvalue weighted by molar-refractivity contribution is -0.421. The molecule has 3 heterocycles. The molecule has 30 heavy (non-hydrogen) atoms. The molecule has 0 spiro atoms. The lowest BCUT2D eigenvalue weighted by Gasteiger charge is -2.25. The van der Waals surface area contributed by atoms with Crippen molar-refractivity contribution in [1.29, 1.82) is 0 Å². The Hall–Kier alpha value is -2.61. The number of hydrogen-bond acceptors (Lipinski definition) is 8. The number of hydrogen-bond donors (Lipinski definition) is 2. The van der Waals surface area contributed by atoms with Gasteiger partial charge in [-0.15, -0.1) is 0 Å². The van der Waals surface area contributed by atoms with Crippen molar-refractivity contribution in [2.75, 3.05) is 6.61 Å². The van der Waals surface area contributed by atoms with Crippen molar-refractivity contribution >= 4 is 19.2 Å². The van der Waals surface area contributed by atoms with Gasteiger partial charge in [-0.1, -0.05) is 6.92 Å². The number of aliphatic hydroxyl groups is 1. The van der Waals surface area contributed by atoms with Gasteiger partial charge in [0.2, 0.25) is 0 Å². The third-order valence-corrected chi connectivity index (χ3v) is 8.06. The van der Waals surface area contributed by atoms with Crippen LogP contribution < -0.4 is 5.32 Å². The zero-order valence-corrected chi connectivity index (χ0v) is 18.4. The number of aliphatic hydroxyl groups excluding tert-OH is 1. The third-order valence-electron chi connectivity index (χ3n) is 5.04. The van der Waals surface area contributed by atoms with E-state index in [0.717, 1.165) is 0 Å². The van der Waals surface area contributed by atoms with Crippen LogP contribution in [0.15, 0.2) is 33.0 Å². The summed E-state index contributed by atoms with van der Waals surface area (Å²) in [6, 6.07) is -0.702. The van der Waals surface area contributed by atoms with Crippen LogP contribution in [-0.2, 0) is 18.8 Å². The topological polar surface area (TPSA) is 145 Å². The summed E-state index contributed by atoms with van der Waals surface area (Å²) in [6.45, 7) is 8.61. The summed E-state index contributed by atoms with van der Waals surface area (Å²) in [5.41, 5.74) is -0.876. The minimum Gasteiger partial charge on any atom is -0.506 e. The van der Waals surface area contributed by atoms with Gasteiger partial charge in [-0.2, -0.15) is 0 Å². The average molecular weight is 440 g/mol. The Morgan fingerprint density at radius 3 is 2.43 bits per heavy atom. The molecular weight excluding hydrogens is 415 g/mol. The first-order chi connectivity index (χ1) is 13.8. The van der Waals surface area contributed by atoms with Crippen LogP contribution in [-0.4, -0.2) is 40.3 Å². The molecule has 11 heteroatoms. The van der Waals surface area contributed by atoms with E-state index in [2.05, 4.69) is 5.32 Å². The molecule has 164 valence electrons. The summed E-state index contributed by atoms with van der Waals surface area (Å²) < 4.78 is 23.1. The van der Waals surface area contributed by atoms with Gasteiger partial charge in [0.1, 0.15) is 16.7 Å². The van der Waals surface area contributed by atoms with E-state index in [1.54, 1.807) is 34.6 Å². The standard InChI is InChI=1S/C19H25N2O8P/c1-6-28-17(23)9(2)7-10(20-18(24)29-19(3,4)5)8-11-12(21(25)26)15-13(22)16-14(11)30(15,16)27/h9-10,22H,6-8H2,1-5H3,(H,20,24). The van der Waals surface area contributed by atoms with E-state index in [1.807, 2.05) is 0 Å². The molecule has 0 fully saturated rings. The van der Waals surface area contributed by atoms with Crippen molar-refractivity contribution in [1.82, 2.24) is 5.32 Å². The van der Waals surface area contributed by atoms with Crippen LogP contribution in [0.4, 0.5) is 4.79 Å². The van der Waals surface area contributed by atoms with Gasteiger partial charge in [0, 0.05) is 23.3 Å². The van der Waals surface area contributed by atoms with Crippen molar-refractivity contribution in [3.63, 3.8) is 0 Å². The fourth-order valence-electron chi connectivity index (χ4n) is 3.88. The maximum absolute atomic E-state index is 12.8. The summed E-state index contributed by atoms with van der Waals surface area (Å²) in [6.07, 6.45) is -0.600. The molecule has 1 amide bonds. The molecule has 0 radical (unpaired) electrons. The molecule has 3 unspecified atom stereocenters. The largest absolute Gasteiger partial charge is 0.506 e. The van der Waals surface area contributed by atoms with E-state index >= 15 is 0 Å². The quantitative estimate of drug-likeness (QED) is 0.251. The number of ether oxygens (including phenoxy) is 2. The maximum atomic E-state index is 12.8. The first-order valence-corrected chi connectivity index (χ1v) is 11.4. The SMILES string of the molecule is CCOC(=O)C(C)CC(CC1=C([N+](=O)[O-])C2=C(O)C3=C1P23=O)NC(=O)OC(C)(C)C. The first kappa shape index (κ1) is 22.1. The van der Waals surface area contributed by atoms with Gasteiger partial charge in [0.15, 0.2) is 7.14 Å². The van der Waals surface area contributed by atoms with Crippen LogP contribution in [0.1, 0.15) is 47.5 Å². The smallest absolute Gasteiger partial charge is 0.407 e. The van der Waals surface area contributed by atoms with Gasteiger partial charge in [-0.3, -0.25) is 14.9 Å². The summed E-state index contributed by atoms with van der Waals surface area (Å²) in [7, 11) is -3.07. The minimum absolute atomic E-state index is 0.0150. The van der Waals surface area contributed by atoms with Crippen LogP contribution >= 0.6 is 7.14 Å². The van der Waals surface area contributed by atoms with E-state index in [0.29, 0.717) is 10.6 Å².